The molecule has 0 radical (unpaired) electrons. The van der Waals surface area contributed by atoms with E-state index in [9.17, 15) is 17.6 Å². The van der Waals surface area contributed by atoms with Crippen LogP contribution >= 0.6 is 0 Å². The van der Waals surface area contributed by atoms with Crippen molar-refractivity contribution in [3.63, 3.8) is 0 Å². The Hall–Kier alpha value is -2.18. The average Bonchev–Trinajstić information content (AvgIpc) is 2.43. The van der Waals surface area contributed by atoms with Gasteiger partial charge in [-0.2, -0.15) is 0 Å². The summed E-state index contributed by atoms with van der Waals surface area (Å²) in [5.74, 6) is -3.61. The van der Waals surface area contributed by atoms with E-state index >= 15 is 0 Å². The highest BCUT2D eigenvalue weighted by Crippen LogP contribution is 2.15. The summed E-state index contributed by atoms with van der Waals surface area (Å²) in [6.07, 6.45) is 0. The van der Waals surface area contributed by atoms with Crippen molar-refractivity contribution in [2.45, 2.75) is 0 Å². The quantitative estimate of drug-likeness (QED) is 0.631. The Kier molecular flexibility index (Phi) is 4.40. The third-order valence-corrected chi connectivity index (χ3v) is 3.04. The van der Waals surface area contributed by atoms with Crippen LogP contribution in [0.2, 0.25) is 0 Å². The van der Waals surface area contributed by atoms with Crippen LogP contribution in [-0.4, -0.2) is 21.5 Å². The first kappa shape index (κ1) is 15.2. The lowest BCUT2D eigenvalue weighted by atomic mass is 9.62. The third-order valence-electron chi connectivity index (χ3n) is 3.04. The maximum absolute atomic E-state index is 13.9. The Morgan fingerprint density at radius 2 is 1.33 bits per heavy atom. The molecular formula is C14H11BF4O2. The minimum atomic E-state index is -0.929. The van der Waals surface area contributed by atoms with E-state index in [-0.39, 0.29) is 22.4 Å². The van der Waals surface area contributed by atoms with Gasteiger partial charge in [0.1, 0.15) is 34.8 Å². The highest BCUT2D eigenvalue weighted by Gasteiger charge is 2.19. The predicted octanol–water partition coefficient (Wildman–Crippen LogP) is 1.65. The van der Waals surface area contributed by atoms with E-state index in [1.165, 1.54) is 14.2 Å². The summed E-state index contributed by atoms with van der Waals surface area (Å²) < 4.78 is 64.2. The molecule has 0 atom stereocenters. The molecule has 2 nitrogen and oxygen atoms in total. The van der Waals surface area contributed by atoms with Crippen LogP contribution in [0.15, 0.2) is 24.3 Å². The third kappa shape index (κ3) is 3.12. The second kappa shape index (κ2) is 6.07. The number of hydrogen-bond acceptors (Lipinski definition) is 2. The predicted molar refractivity (Wildman–Crippen MR) is 72.2 cm³/mol. The molecule has 0 N–H and O–H groups in total. The fourth-order valence-electron chi connectivity index (χ4n) is 1.98. The van der Waals surface area contributed by atoms with Gasteiger partial charge in [-0.05, 0) is 10.9 Å². The van der Waals surface area contributed by atoms with Crippen LogP contribution in [0, 0.1) is 23.3 Å². The number of hydrogen-bond donors (Lipinski definition) is 0. The van der Waals surface area contributed by atoms with Gasteiger partial charge < -0.3 is 9.47 Å². The van der Waals surface area contributed by atoms with Crippen molar-refractivity contribution in [1.82, 2.24) is 0 Å². The van der Waals surface area contributed by atoms with Crippen molar-refractivity contribution in [2.75, 3.05) is 14.2 Å². The van der Waals surface area contributed by atoms with Crippen molar-refractivity contribution >= 4 is 18.2 Å². The zero-order valence-electron chi connectivity index (χ0n) is 11.3. The first-order valence-corrected chi connectivity index (χ1v) is 6.00. The first-order valence-electron chi connectivity index (χ1n) is 6.00. The summed E-state index contributed by atoms with van der Waals surface area (Å²) in [7, 11) is 2.09. The Morgan fingerprint density at radius 3 is 1.86 bits per heavy atom. The largest absolute Gasteiger partial charge is 0.497 e. The SMILES string of the molecule is COc1cc(F)c(Bc2c(F)cc(F)cc2OC)c(F)c1. The Morgan fingerprint density at radius 1 is 0.762 bits per heavy atom. The first-order chi connectivity index (χ1) is 9.96. The molecule has 0 unspecified atom stereocenters. The van der Waals surface area contributed by atoms with Gasteiger partial charge >= 0.3 is 0 Å². The molecule has 0 aliphatic carbocycles. The summed E-state index contributed by atoms with van der Waals surface area (Å²) in [5, 5.41) is 0. The van der Waals surface area contributed by atoms with Gasteiger partial charge in [0.2, 0.25) is 7.28 Å². The van der Waals surface area contributed by atoms with Gasteiger partial charge in [-0.3, -0.25) is 0 Å². The molecule has 0 saturated heterocycles. The summed E-state index contributed by atoms with van der Waals surface area (Å²) in [6, 6.07) is 3.58. The van der Waals surface area contributed by atoms with Gasteiger partial charge in [0.15, 0.2) is 0 Å². The van der Waals surface area contributed by atoms with Crippen molar-refractivity contribution in [3.05, 3.63) is 47.5 Å². The number of methoxy groups -OCH3 is 2. The number of ether oxygens (including phenoxy) is 2. The molecule has 0 fully saturated rings. The average molecular weight is 298 g/mol. The summed E-state index contributed by atoms with van der Waals surface area (Å²) in [4.78, 5) is 0. The maximum atomic E-state index is 13.9. The monoisotopic (exact) mass is 298 g/mol. The fourth-order valence-corrected chi connectivity index (χ4v) is 1.98. The molecule has 0 spiro atoms. The van der Waals surface area contributed by atoms with Crippen molar-refractivity contribution in [1.29, 1.82) is 0 Å². The Labute approximate surface area is 119 Å². The molecular weight excluding hydrogens is 287 g/mol. The molecule has 0 bridgehead atoms. The van der Waals surface area contributed by atoms with Crippen LogP contribution in [-0.2, 0) is 0 Å². The fraction of sp³-hybridized carbons (Fsp3) is 0.143. The molecule has 2 aromatic rings. The highest BCUT2D eigenvalue weighted by atomic mass is 19.1. The molecule has 2 rings (SSSR count). The van der Waals surface area contributed by atoms with E-state index in [4.69, 9.17) is 9.47 Å². The van der Waals surface area contributed by atoms with Gasteiger partial charge in [0, 0.05) is 24.3 Å². The summed E-state index contributed by atoms with van der Waals surface area (Å²) >= 11 is 0. The molecule has 2 aromatic carbocycles. The smallest absolute Gasteiger partial charge is 0.208 e. The minimum Gasteiger partial charge on any atom is -0.497 e. The lowest BCUT2D eigenvalue weighted by Gasteiger charge is -2.11. The van der Waals surface area contributed by atoms with Crippen molar-refractivity contribution in [2.24, 2.45) is 0 Å². The Balaban J connectivity index is 2.48. The van der Waals surface area contributed by atoms with Gasteiger partial charge in [-0.15, -0.1) is 0 Å². The molecule has 0 amide bonds. The molecule has 0 saturated carbocycles. The van der Waals surface area contributed by atoms with Crippen LogP contribution in [0.25, 0.3) is 0 Å². The zero-order chi connectivity index (χ0) is 15.6. The number of halogens is 4. The molecule has 0 aromatic heterocycles. The van der Waals surface area contributed by atoms with Gasteiger partial charge in [-0.1, -0.05) is 0 Å². The zero-order valence-corrected chi connectivity index (χ0v) is 11.3. The Bertz CT molecular complexity index is 653. The summed E-state index contributed by atoms with van der Waals surface area (Å²) in [6.45, 7) is 0. The normalized spacial score (nSPS) is 10.4. The second-order valence-electron chi connectivity index (χ2n) is 4.31. The van der Waals surface area contributed by atoms with E-state index in [1.54, 1.807) is 0 Å². The van der Waals surface area contributed by atoms with Gasteiger partial charge in [0.05, 0.1) is 14.2 Å². The van der Waals surface area contributed by atoms with E-state index in [0.29, 0.717) is 6.07 Å². The van der Waals surface area contributed by atoms with Gasteiger partial charge in [-0.25, -0.2) is 17.6 Å². The minimum absolute atomic E-state index is 0.0142. The van der Waals surface area contributed by atoms with Crippen LogP contribution < -0.4 is 20.4 Å². The van der Waals surface area contributed by atoms with Crippen LogP contribution in [0.3, 0.4) is 0 Å². The number of rotatable bonds is 4. The standard InChI is InChI=1S/C14H11BF4O2/c1-20-8-5-10(18)13(11(19)6-8)15-14-9(17)3-7(16)4-12(14)21-2/h3-6,15H,1-2H3. The maximum Gasteiger partial charge on any atom is 0.208 e. The van der Waals surface area contributed by atoms with E-state index in [2.05, 4.69) is 0 Å². The lowest BCUT2D eigenvalue weighted by molar-refractivity contribution is 0.407. The van der Waals surface area contributed by atoms with E-state index in [0.717, 1.165) is 18.2 Å². The lowest BCUT2D eigenvalue weighted by Crippen LogP contribution is -2.35. The van der Waals surface area contributed by atoms with Crippen LogP contribution in [0.5, 0.6) is 11.5 Å². The van der Waals surface area contributed by atoms with Crippen LogP contribution in [0.1, 0.15) is 0 Å². The molecule has 0 heterocycles. The summed E-state index contributed by atoms with van der Waals surface area (Å²) in [5.41, 5.74) is -0.471. The van der Waals surface area contributed by atoms with Gasteiger partial charge in [0.25, 0.3) is 0 Å². The van der Waals surface area contributed by atoms with Crippen molar-refractivity contribution in [3.8, 4) is 11.5 Å². The van der Waals surface area contributed by atoms with E-state index < -0.39 is 30.5 Å². The molecule has 0 aliphatic heterocycles. The van der Waals surface area contributed by atoms with Crippen molar-refractivity contribution < 1.29 is 27.0 Å². The molecule has 21 heavy (non-hydrogen) atoms. The topological polar surface area (TPSA) is 18.5 Å². The second-order valence-corrected chi connectivity index (χ2v) is 4.31. The molecule has 7 heteroatoms. The van der Waals surface area contributed by atoms with E-state index in [1.807, 2.05) is 0 Å². The highest BCUT2D eigenvalue weighted by molar-refractivity contribution is 6.68. The van der Waals surface area contributed by atoms with Crippen LogP contribution in [0.4, 0.5) is 17.6 Å². The molecule has 110 valence electrons. The molecule has 0 aliphatic rings. The number of benzene rings is 2.